The maximum atomic E-state index is 11.9. The zero-order chi connectivity index (χ0) is 18.6. The average molecular weight is 367 g/mol. The molecule has 7 heteroatoms. The summed E-state index contributed by atoms with van der Waals surface area (Å²) >= 11 is 0. The molecule has 1 saturated heterocycles. The number of anilines is 1. The number of benzene rings is 1. The van der Waals surface area contributed by atoms with Crippen molar-refractivity contribution in [2.45, 2.75) is 25.9 Å². The number of hydrogen-bond acceptors (Lipinski definition) is 6. The van der Waals surface area contributed by atoms with Gasteiger partial charge in [-0.2, -0.15) is 5.10 Å². The molecule has 7 nitrogen and oxygen atoms in total. The van der Waals surface area contributed by atoms with Crippen LogP contribution in [0.2, 0.25) is 0 Å². The van der Waals surface area contributed by atoms with Crippen molar-refractivity contribution in [2.24, 2.45) is 5.16 Å². The maximum Gasteiger partial charge on any atom is 0.266 e. The van der Waals surface area contributed by atoms with Crippen molar-refractivity contribution in [3.63, 3.8) is 0 Å². The Morgan fingerprint density at radius 2 is 1.96 bits per heavy atom. The van der Waals surface area contributed by atoms with Crippen LogP contribution >= 0.6 is 0 Å². The lowest BCUT2D eigenvalue weighted by molar-refractivity contribution is 0.0510. The number of nitrogens with one attached hydrogen (secondary N) is 1. The number of H-pyrrole nitrogens is 1. The molecule has 4 rings (SSSR count). The topological polar surface area (TPSA) is 73.8 Å². The lowest BCUT2D eigenvalue weighted by Crippen LogP contribution is -2.49. The molecule has 1 fully saturated rings. The van der Waals surface area contributed by atoms with Crippen LogP contribution in [0.1, 0.15) is 19.8 Å². The van der Waals surface area contributed by atoms with E-state index >= 15 is 0 Å². The molecule has 0 unspecified atom stereocenters. The SMILES string of the molecule is CCC1=NO[C@H](CN2CCN(c3cc(=O)[nH]nc3-c3ccccc3)CC2)C1. The van der Waals surface area contributed by atoms with E-state index < -0.39 is 0 Å². The third kappa shape index (κ3) is 4.03. The molecule has 0 bridgehead atoms. The van der Waals surface area contributed by atoms with Gasteiger partial charge in [-0.3, -0.25) is 9.69 Å². The van der Waals surface area contributed by atoms with E-state index in [0.29, 0.717) is 0 Å². The summed E-state index contributed by atoms with van der Waals surface area (Å²) in [6.07, 6.45) is 2.07. The number of aromatic amines is 1. The molecule has 0 saturated carbocycles. The Morgan fingerprint density at radius 1 is 1.19 bits per heavy atom. The van der Waals surface area contributed by atoms with Crippen molar-refractivity contribution < 1.29 is 4.84 Å². The van der Waals surface area contributed by atoms with E-state index in [9.17, 15) is 4.79 Å². The zero-order valence-corrected chi connectivity index (χ0v) is 15.6. The first kappa shape index (κ1) is 17.7. The highest BCUT2D eigenvalue weighted by atomic mass is 16.6. The second kappa shape index (κ2) is 7.92. The van der Waals surface area contributed by atoms with Crippen LogP contribution < -0.4 is 10.5 Å². The quantitative estimate of drug-likeness (QED) is 0.876. The van der Waals surface area contributed by atoms with Crippen LogP contribution in [0.3, 0.4) is 0 Å². The van der Waals surface area contributed by atoms with Gasteiger partial charge in [-0.15, -0.1) is 0 Å². The summed E-state index contributed by atoms with van der Waals surface area (Å²) in [6.45, 7) is 6.60. The first-order valence-electron chi connectivity index (χ1n) is 9.57. The summed E-state index contributed by atoms with van der Waals surface area (Å²) in [5.74, 6) is 0. The van der Waals surface area contributed by atoms with Gasteiger partial charge in [0.05, 0.1) is 11.4 Å². The van der Waals surface area contributed by atoms with Crippen LogP contribution in [0.15, 0.2) is 46.3 Å². The number of aromatic nitrogens is 2. The predicted molar refractivity (Wildman–Crippen MR) is 106 cm³/mol. The number of oxime groups is 1. The first-order chi connectivity index (χ1) is 13.2. The van der Waals surface area contributed by atoms with E-state index in [2.05, 4.69) is 32.1 Å². The molecule has 0 amide bonds. The van der Waals surface area contributed by atoms with E-state index in [0.717, 1.165) is 68.2 Å². The molecule has 0 radical (unpaired) electrons. The van der Waals surface area contributed by atoms with E-state index in [1.807, 2.05) is 30.3 Å². The van der Waals surface area contributed by atoms with E-state index in [1.165, 1.54) is 0 Å². The lowest BCUT2D eigenvalue weighted by Gasteiger charge is -2.37. The molecular formula is C20H25N5O2. The average Bonchev–Trinajstić information content (AvgIpc) is 3.17. The second-order valence-electron chi connectivity index (χ2n) is 7.06. The fourth-order valence-corrected chi connectivity index (χ4v) is 3.70. The molecule has 27 heavy (non-hydrogen) atoms. The van der Waals surface area contributed by atoms with Crippen LogP contribution in [0.25, 0.3) is 11.3 Å². The largest absolute Gasteiger partial charge is 0.391 e. The Bertz CT molecular complexity index is 856. The Labute approximate surface area is 158 Å². The van der Waals surface area contributed by atoms with Crippen LogP contribution in [0, 0.1) is 0 Å². The van der Waals surface area contributed by atoms with Crippen molar-refractivity contribution in [2.75, 3.05) is 37.6 Å². The normalized spacial score (nSPS) is 20.4. The number of rotatable bonds is 5. The number of piperazine rings is 1. The number of nitrogens with zero attached hydrogens (tertiary/aromatic N) is 4. The predicted octanol–water partition coefficient (Wildman–Crippen LogP) is 2.11. The van der Waals surface area contributed by atoms with Gasteiger partial charge in [0, 0.05) is 50.8 Å². The summed E-state index contributed by atoms with van der Waals surface area (Å²) in [5.41, 5.74) is 3.72. The van der Waals surface area contributed by atoms with Gasteiger partial charge >= 0.3 is 0 Å². The van der Waals surface area contributed by atoms with Gasteiger partial charge in [-0.05, 0) is 6.42 Å². The Morgan fingerprint density at radius 3 is 2.67 bits per heavy atom. The fraction of sp³-hybridized carbons (Fsp3) is 0.450. The summed E-state index contributed by atoms with van der Waals surface area (Å²) < 4.78 is 0. The van der Waals surface area contributed by atoms with E-state index in [1.54, 1.807) is 6.07 Å². The van der Waals surface area contributed by atoms with Crippen LogP contribution in [0.5, 0.6) is 0 Å². The van der Waals surface area contributed by atoms with Gasteiger partial charge in [0.15, 0.2) is 0 Å². The van der Waals surface area contributed by atoms with Crippen molar-refractivity contribution in [3.8, 4) is 11.3 Å². The van der Waals surface area contributed by atoms with Crippen molar-refractivity contribution in [1.82, 2.24) is 15.1 Å². The molecule has 142 valence electrons. The zero-order valence-electron chi connectivity index (χ0n) is 15.6. The monoisotopic (exact) mass is 367 g/mol. The maximum absolute atomic E-state index is 11.9. The summed E-state index contributed by atoms with van der Waals surface area (Å²) in [6, 6.07) is 11.6. The third-order valence-electron chi connectivity index (χ3n) is 5.21. The van der Waals surface area contributed by atoms with Gasteiger partial charge in [-0.25, -0.2) is 5.10 Å². The summed E-state index contributed by atoms with van der Waals surface area (Å²) in [5, 5.41) is 11.0. The summed E-state index contributed by atoms with van der Waals surface area (Å²) in [4.78, 5) is 22.1. The van der Waals surface area contributed by atoms with Gasteiger partial charge in [-0.1, -0.05) is 42.4 Å². The molecule has 1 aromatic carbocycles. The summed E-state index contributed by atoms with van der Waals surface area (Å²) in [7, 11) is 0. The van der Waals surface area contributed by atoms with Crippen molar-refractivity contribution in [3.05, 3.63) is 46.8 Å². The smallest absolute Gasteiger partial charge is 0.266 e. The molecule has 2 aliphatic heterocycles. The molecule has 0 spiro atoms. The molecule has 1 aromatic heterocycles. The molecule has 1 N–H and O–H groups in total. The van der Waals surface area contributed by atoms with E-state index in [-0.39, 0.29) is 11.7 Å². The highest BCUT2D eigenvalue weighted by Gasteiger charge is 2.26. The lowest BCUT2D eigenvalue weighted by atomic mass is 10.1. The minimum absolute atomic E-state index is 0.171. The molecule has 0 aliphatic carbocycles. The van der Waals surface area contributed by atoms with Gasteiger partial charge in [0.25, 0.3) is 5.56 Å². The molecule has 1 atom stereocenters. The fourth-order valence-electron chi connectivity index (χ4n) is 3.70. The first-order valence-corrected chi connectivity index (χ1v) is 9.57. The Balaban J connectivity index is 1.43. The second-order valence-corrected chi connectivity index (χ2v) is 7.06. The van der Waals surface area contributed by atoms with Crippen LogP contribution in [0.4, 0.5) is 5.69 Å². The molecule has 2 aromatic rings. The minimum Gasteiger partial charge on any atom is -0.391 e. The highest BCUT2D eigenvalue weighted by molar-refractivity contribution is 5.85. The number of hydrogen-bond donors (Lipinski definition) is 1. The molecule has 2 aliphatic rings. The van der Waals surface area contributed by atoms with Gasteiger partial charge in [0.1, 0.15) is 11.8 Å². The Hall–Kier alpha value is -2.67. The van der Waals surface area contributed by atoms with Gasteiger partial charge in [0.2, 0.25) is 0 Å². The Kier molecular flexibility index (Phi) is 5.20. The van der Waals surface area contributed by atoms with Crippen molar-refractivity contribution >= 4 is 11.4 Å². The standard InChI is InChI=1S/C20H25N5O2/c1-2-16-12-17(27-23-16)14-24-8-10-25(11-9-24)18-13-19(26)21-22-20(18)15-6-4-3-5-7-15/h3-7,13,17H,2,8-12,14H2,1H3,(H,21,26)/t17-/m0/s1. The van der Waals surface area contributed by atoms with Crippen LogP contribution in [-0.4, -0.2) is 59.6 Å². The van der Waals surface area contributed by atoms with E-state index in [4.69, 9.17) is 4.84 Å². The molecular weight excluding hydrogens is 342 g/mol. The molecule has 3 heterocycles. The highest BCUT2D eigenvalue weighted by Crippen LogP contribution is 2.28. The minimum atomic E-state index is -0.171. The van der Waals surface area contributed by atoms with Crippen molar-refractivity contribution in [1.29, 1.82) is 0 Å². The van der Waals surface area contributed by atoms with Crippen LogP contribution in [-0.2, 0) is 4.84 Å². The third-order valence-corrected chi connectivity index (χ3v) is 5.21. The van der Waals surface area contributed by atoms with Gasteiger partial charge < -0.3 is 9.74 Å².